The lowest BCUT2D eigenvalue weighted by Gasteiger charge is -2.37. The predicted octanol–water partition coefficient (Wildman–Crippen LogP) is 13.7. The van der Waals surface area contributed by atoms with Gasteiger partial charge in [-0.15, -0.1) is 13.2 Å². The number of hydrogen-bond donors (Lipinski definition) is 0. The Bertz CT molecular complexity index is 937. The highest BCUT2D eigenvalue weighted by Gasteiger charge is 2.41. The number of rotatable bonds is 10. The molecule has 2 atom stereocenters. The van der Waals surface area contributed by atoms with Gasteiger partial charge in [0.2, 0.25) is 0 Å². The van der Waals surface area contributed by atoms with E-state index in [0.717, 1.165) is 35.1 Å². The average Bonchev–Trinajstić information content (AvgIpc) is 3.06. The second-order valence-electron chi connectivity index (χ2n) is 11.3. The van der Waals surface area contributed by atoms with Crippen molar-refractivity contribution in [2.45, 2.75) is 171 Å². The van der Waals surface area contributed by atoms with Gasteiger partial charge in [-0.2, -0.15) is 0 Å². The molecule has 0 amide bonds. The number of Topliss-reactive ketones (excluding diaryl/α,β-unsaturated/α-hetero) is 2. The highest BCUT2D eigenvalue weighted by atomic mass is 16.1. The molecule has 0 saturated heterocycles. The van der Waals surface area contributed by atoms with Gasteiger partial charge in [0.25, 0.3) is 0 Å². The number of benzene rings is 2. The third kappa shape index (κ3) is 14.5. The van der Waals surface area contributed by atoms with E-state index in [1.165, 1.54) is 75.3 Å². The van der Waals surface area contributed by atoms with Crippen LogP contribution >= 0.6 is 0 Å². The first-order chi connectivity index (χ1) is 21.4. The lowest BCUT2D eigenvalue weighted by Crippen LogP contribution is -2.31. The Balaban J connectivity index is 0. The number of carbonyl (C=O) groups excluding carboxylic acids is 2. The maximum Gasteiger partial charge on any atom is 0.163 e. The first kappa shape index (κ1) is 43.6. The number of fused-ring (bicyclic) bond motifs is 5. The van der Waals surface area contributed by atoms with E-state index in [4.69, 9.17) is 0 Å². The Labute approximate surface area is 274 Å². The molecule has 0 radical (unpaired) electrons. The van der Waals surface area contributed by atoms with Crippen LogP contribution in [0.25, 0.3) is 0 Å². The van der Waals surface area contributed by atoms with Crippen LogP contribution in [0.4, 0.5) is 0 Å². The van der Waals surface area contributed by atoms with Crippen LogP contribution in [0, 0.1) is 0 Å². The summed E-state index contributed by atoms with van der Waals surface area (Å²) in [5.74, 6) is 0.792. The maximum atomic E-state index is 13.1. The van der Waals surface area contributed by atoms with Crippen LogP contribution in [0.5, 0.6) is 0 Å². The fraction of sp³-hybridized carbons (Fsp3) is 0.619. The Morgan fingerprint density at radius 1 is 0.545 bits per heavy atom. The third-order valence-corrected chi connectivity index (χ3v) is 7.57. The van der Waals surface area contributed by atoms with Gasteiger partial charge in [0.15, 0.2) is 11.6 Å². The molecule has 0 saturated carbocycles. The highest BCUT2D eigenvalue weighted by Crippen LogP contribution is 2.49. The van der Waals surface area contributed by atoms with Crippen LogP contribution < -0.4 is 0 Å². The zero-order valence-electron chi connectivity index (χ0n) is 30.7. The molecule has 2 nitrogen and oxygen atoms in total. The van der Waals surface area contributed by atoms with Gasteiger partial charge in [-0.25, -0.2) is 0 Å². The van der Waals surface area contributed by atoms with Gasteiger partial charge >= 0.3 is 0 Å². The molecule has 0 bridgehead atoms. The van der Waals surface area contributed by atoms with Crippen molar-refractivity contribution in [2.24, 2.45) is 0 Å². The third-order valence-electron chi connectivity index (χ3n) is 7.57. The van der Waals surface area contributed by atoms with Gasteiger partial charge in [0.1, 0.15) is 0 Å². The summed E-state index contributed by atoms with van der Waals surface area (Å²) in [6.07, 6.45) is 15.5. The first-order valence-corrected chi connectivity index (χ1v) is 18.3. The number of aryl methyl sites for hydroxylation is 2. The Hall–Kier alpha value is -2.48. The molecular formula is C42H70O2. The summed E-state index contributed by atoms with van der Waals surface area (Å²) >= 11 is 0. The van der Waals surface area contributed by atoms with Gasteiger partial charge in [0, 0.05) is 24.0 Å². The summed E-state index contributed by atoms with van der Waals surface area (Å²) in [4.78, 5) is 26.3. The lowest BCUT2D eigenvalue weighted by atomic mass is 9.64. The summed E-state index contributed by atoms with van der Waals surface area (Å²) in [5, 5.41) is 0. The van der Waals surface area contributed by atoms with Crippen molar-refractivity contribution in [3.05, 3.63) is 82.9 Å². The fourth-order valence-electron chi connectivity index (χ4n) is 5.72. The van der Waals surface area contributed by atoms with Gasteiger partial charge < -0.3 is 0 Å². The second-order valence-corrected chi connectivity index (χ2v) is 11.3. The molecule has 0 N–H and O–H groups in total. The van der Waals surface area contributed by atoms with E-state index in [2.05, 4.69) is 91.1 Å². The van der Waals surface area contributed by atoms with Crippen LogP contribution in [0.1, 0.15) is 201 Å². The molecule has 0 spiro atoms. The van der Waals surface area contributed by atoms with Crippen molar-refractivity contribution in [3.63, 3.8) is 0 Å². The molecule has 2 aliphatic rings. The van der Waals surface area contributed by atoms with Crippen LogP contribution in [-0.2, 0) is 12.8 Å². The summed E-state index contributed by atoms with van der Waals surface area (Å²) in [7, 11) is 0. The predicted molar refractivity (Wildman–Crippen MR) is 198 cm³/mol. The van der Waals surface area contributed by atoms with E-state index in [1.54, 1.807) is 0 Å². The molecule has 2 aromatic rings. The SMILES string of the molecule is C=C.CC.CC.CCC.CCC.CCCCCCc1ccc2c(c1)C(=O)CC1c3ccc(CCCCCC)cc3C(=O)CC21. The average molecular weight is 607 g/mol. The molecule has 4 rings (SSSR count). The van der Waals surface area contributed by atoms with E-state index in [-0.39, 0.29) is 23.4 Å². The van der Waals surface area contributed by atoms with Crippen molar-refractivity contribution < 1.29 is 9.59 Å². The van der Waals surface area contributed by atoms with E-state index in [1.807, 2.05) is 27.7 Å². The Morgan fingerprint density at radius 3 is 1.16 bits per heavy atom. The van der Waals surface area contributed by atoms with Crippen molar-refractivity contribution >= 4 is 11.6 Å². The standard InChI is InChI=1S/C30H38O2.2C3H8.2C2H6.C2H4/c1-3-5-7-9-11-21-13-15-23-25-20-30(32)28-18-22(12-10-8-6-4-2)14-16-24(28)26(25)19-29(31)27(23)17-21;2*1-3-2;3*1-2/h13-18,25-26H,3-12,19-20H2,1-2H3;2*3H2,1-2H3;2*1-2H3;1-2H2. The van der Waals surface area contributed by atoms with Gasteiger partial charge in [-0.1, -0.05) is 145 Å². The van der Waals surface area contributed by atoms with Crippen LogP contribution in [0.15, 0.2) is 49.6 Å². The smallest absolute Gasteiger partial charge is 0.163 e. The quantitative estimate of drug-likeness (QED) is 0.199. The van der Waals surface area contributed by atoms with E-state index >= 15 is 0 Å². The van der Waals surface area contributed by atoms with Crippen LogP contribution in [-0.4, -0.2) is 11.6 Å². The maximum absolute atomic E-state index is 13.1. The van der Waals surface area contributed by atoms with Gasteiger partial charge in [0.05, 0.1) is 0 Å². The molecule has 2 heteroatoms. The monoisotopic (exact) mass is 607 g/mol. The van der Waals surface area contributed by atoms with E-state index in [9.17, 15) is 9.59 Å². The van der Waals surface area contributed by atoms with Crippen molar-refractivity contribution in [1.82, 2.24) is 0 Å². The first-order valence-electron chi connectivity index (χ1n) is 18.3. The molecular weight excluding hydrogens is 536 g/mol. The molecule has 0 fully saturated rings. The zero-order chi connectivity index (χ0) is 33.9. The molecule has 2 unspecified atom stereocenters. The molecule has 2 aliphatic carbocycles. The van der Waals surface area contributed by atoms with Crippen LogP contribution in [0.3, 0.4) is 0 Å². The van der Waals surface area contributed by atoms with Crippen molar-refractivity contribution in [2.75, 3.05) is 0 Å². The second kappa shape index (κ2) is 28.0. The Morgan fingerprint density at radius 2 is 0.864 bits per heavy atom. The summed E-state index contributed by atoms with van der Waals surface area (Å²) in [5.41, 5.74) is 6.49. The Kier molecular flexibility index (Phi) is 27.8. The molecule has 250 valence electrons. The van der Waals surface area contributed by atoms with Crippen molar-refractivity contribution in [1.29, 1.82) is 0 Å². The summed E-state index contributed by atoms with van der Waals surface area (Å²) < 4.78 is 0. The minimum Gasteiger partial charge on any atom is -0.294 e. The molecule has 44 heavy (non-hydrogen) atoms. The van der Waals surface area contributed by atoms with E-state index < -0.39 is 0 Å². The fourth-order valence-corrected chi connectivity index (χ4v) is 5.72. The minimum atomic E-state index is 0.146. The summed E-state index contributed by atoms with van der Waals surface area (Å²) in [6, 6.07) is 12.9. The highest BCUT2D eigenvalue weighted by molar-refractivity contribution is 6.04. The normalized spacial score (nSPS) is 15.3. The molecule has 0 aromatic heterocycles. The topological polar surface area (TPSA) is 34.1 Å². The number of unbranched alkanes of at least 4 members (excludes halogenated alkanes) is 6. The minimum absolute atomic E-state index is 0.146. The number of ketones is 2. The molecule has 2 aromatic carbocycles. The van der Waals surface area contributed by atoms with Crippen molar-refractivity contribution in [3.8, 4) is 0 Å². The lowest BCUT2D eigenvalue weighted by molar-refractivity contribution is 0.0904. The largest absolute Gasteiger partial charge is 0.294 e. The van der Waals surface area contributed by atoms with Gasteiger partial charge in [-0.3, -0.25) is 9.59 Å². The van der Waals surface area contributed by atoms with Gasteiger partial charge in [-0.05, 0) is 71.9 Å². The number of hydrogen-bond acceptors (Lipinski definition) is 2. The summed E-state index contributed by atoms with van der Waals surface area (Å²) in [6.45, 7) is 27.0. The molecule has 0 heterocycles. The van der Waals surface area contributed by atoms with Crippen LogP contribution in [0.2, 0.25) is 0 Å². The zero-order valence-corrected chi connectivity index (χ0v) is 30.7. The van der Waals surface area contributed by atoms with E-state index in [0.29, 0.717) is 12.8 Å². The number of carbonyl (C=O) groups is 2. The molecule has 0 aliphatic heterocycles.